The standard InChI is InChI=1S/C25H23Cl2N5O4.C2H6O/c1-3-31(2)25(35)30-24(32(16-34)14-17-4-7-19(26)8-5-17)28-20-9-11-21(12-10-20)36-23-18(15-33)6-13-22(27)29-23;1-3-2/h4-13,15-16H,3,14H2,1-2H3,(H,28,30,35);1-2H3. The molecular formula is C27H29Cl2N5O5. The van der Waals surface area contributed by atoms with Crippen LogP contribution in [0.3, 0.4) is 0 Å². The monoisotopic (exact) mass is 573 g/mol. The maximum atomic E-state index is 12.5. The number of aldehydes is 1. The molecule has 0 bridgehead atoms. The van der Waals surface area contributed by atoms with Gasteiger partial charge in [-0.3, -0.25) is 19.8 Å². The molecule has 0 spiro atoms. The van der Waals surface area contributed by atoms with Crippen molar-refractivity contribution >= 4 is 53.6 Å². The molecule has 206 valence electrons. The summed E-state index contributed by atoms with van der Waals surface area (Å²) in [5, 5.41) is 3.44. The predicted molar refractivity (Wildman–Crippen MR) is 151 cm³/mol. The van der Waals surface area contributed by atoms with Crippen LogP contribution >= 0.6 is 23.2 Å². The fourth-order valence-corrected chi connectivity index (χ4v) is 3.14. The molecule has 0 radical (unpaired) electrons. The third kappa shape index (κ3) is 10.0. The number of ether oxygens (including phenoxy) is 2. The average molecular weight is 574 g/mol. The van der Waals surface area contributed by atoms with Crippen LogP contribution < -0.4 is 10.1 Å². The van der Waals surface area contributed by atoms with E-state index in [1.165, 1.54) is 21.9 Å². The Labute approximate surface area is 237 Å². The highest BCUT2D eigenvalue weighted by Crippen LogP contribution is 2.26. The van der Waals surface area contributed by atoms with Crippen LogP contribution in [0, 0.1) is 0 Å². The average Bonchev–Trinajstić information content (AvgIpc) is 2.93. The number of hydrogen-bond acceptors (Lipinski definition) is 7. The Morgan fingerprint density at radius 3 is 2.23 bits per heavy atom. The summed E-state index contributed by atoms with van der Waals surface area (Å²) < 4.78 is 9.93. The zero-order valence-corrected chi connectivity index (χ0v) is 23.4. The molecule has 0 unspecified atom stereocenters. The van der Waals surface area contributed by atoms with E-state index >= 15 is 0 Å². The second-order valence-electron chi connectivity index (χ2n) is 7.89. The summed E-state index contributed by atoms with van der Waals surface area (Å²) in [6, 6.07) is 16.0. The van der Waals surface area contributed by atoms with Crippen LogP contribution in [0.4, 0.5) is 10.5 Å². The third-order valence-corrected chi connectivity index (χ3v) is 5.44. The van der Waals surface area contributed by atoms with E-state index in [0.29, 0.717) is 35.7 Å². The van der Waals surface area contributed by atoms with Crippen molar-refractivity contribution in [1.29, 1.82) is 0 Å². The minimum atomic E-state index is -0.424. The van der Waals surface area contributed by atoms with E-state index in [4.69, 9.17) is 27.9 Å². The number of methoxy groups -OCH3 is 1. The van der Waals surface area contributed by atoms with Gasteiger partial charge in [0.1, 0.15) is 10.9 Å². The number of urea groups is 1. The number of carbonyl (C=O) groups excluding carboxylic acids is 3. The lowest BCUT2D eigenvalue weighted by atomic mass is 10.2. The largest absolute Gasteiger partial charge is 0.438 e. The molecule has 10 nitrogen and oxygen atoms in total. The normalized spacial score (nSPS) is 10.6. The second kappa shape index (κ2) is 16.1. The SMILES string of the molecule is CCN(C)C(=O)NC(=Nc1ccc(Oc2nc(Cl)ccc2C=O)cc1)N(C=O)Cc1ccc(Cl)cc1.COC. The summed E-state index contributed by atoms with van der Waals surface area (Å²) in [4.78, 5) is 47.0. The van der Waals surface area contributed by atoms with Crippen molar-refractivity contribution in [1.82, 2.24) is 20.1 Å². The van der Waals surface area contributed by atoms with Gasteiger partial charge < -0.3 is 14.4 Å². The molecular weight excluding hydrogens is 545 g/mol. The summed E-state index contributed by atoms with van der Waals surface area (Å²) in [5.74, 6) is 0.495. The van der Waals surface area contributed by atoms with Gasteiger partial charge >= 0.3 is 6.03 Å². The number of pyridine rings is 1. The molecule has 3 rings (SSSR count). The van der Waals surface area contributed by atoms with Crippen molar-refractivity contribution in [3.63, 3.8) is 0 Å². The molecule has 0 aliphatic rings. The Morgan fingerprint density at radius 1 is 1.03 bits per heavy atom. The Bertz CT molecular complexity index is 1270. The first-order valence-corrected chi connectivity index (χ1v) is 12.4. The maximum Gasteiger partial charge on any atom is 0.323 e. The number of halogens is 2. The Balaban J connectivity index is 0.00000170. The second-order valence-corrected chi connectivity index (χ2v) is 8.71. The molecule has 0 saturated carbocycles. The summed E-state index contributed by atoms with van der Waals surface area (Å²) >= 11 is 11.9. The minimum Gasteiger partial charge on any atom is -0.438 e. The fourth-order valence-electron chi connectivity index (χ4n) is 2.87. The molecule has 3 amide bonds. The Hall–Kier alpha value is -3.99. The van der Waals surface area contributed by atoms with E-state index in [1.807, 2.05) is 6.92 Å². The van der Waals surface area contributed by atoms with Crippen LogP contribution in [0.25, 0.3) is 0 Å². The number of hydrogen-bond donors (Lipinski definition) is 1. The van der Waals surface area contributed by atoms with Crippen molar-refractivity contribution in [2.24, 2.45) is 4.99 Å². The molecule has 0 fully saturated rings. The molecule has 39 heavy (non-hydrogen) atoms. The Morgan fingerprint density at radius 2 is 1.67 bits per heavy atom. The number of nitrogens with one attached hydrogen (secondary N) is 1. The van der Waals surface area contributed by atoms with Gasteiger partial charge in [0.15, 0.2) is 6.29 Å². The van der Waals surface area contributed by atoms with Crippen molar-refractivity contribution in [3.05, 3.63) is 82.0 Å². The first-order valence-electron chi connectivity index (χ1n) is 11.6. The van der Waals surface area contributed by atoms with Gasteiger partial charge in [-0.15, -0.1) is 0 Å². The van der Waals surface area contributed by atoms with Gasteiger partial charge in [-0.2, -0.15) is 0 Å². The fraction of sp³-hybridized carbons (Fsp3) is 0.222. The van der Waals surface area contributed by atoms with Crippen molar-refractivity contribution in [2.45, 2.75) is 13.5 Å². The molecule has 1 aromatic heterocycles. The van der Waals surface area contributed by atoms with Crippen LogP contribution in [0.2, 0.25) is 10.2 Å². The van der Waals surface area contributed by atoms with Crippen LogP contribution in [0.5, 0.6) is 11.6 Å². The maximum absolute atomic E-state index is 12.5. The smallest absolute Gasteiger partial charge is 0.323 e. The number of carbonyl (C=O) groups is 3. The molecule has 0 saturated heterocycles. The number of aliphatic imine (C=N–C) groups is 1. The van der Waals surface area contributed by atoms with Gasteiger partial charge in [-0.1, -0.05) is 35.3 Å². The molecule has 1 N–H and O–H groups in total. The van der Waals surface area contributed by atoms with Crippen molar-refractivity contribution < 1.29 is 23.9 Å². The van der Waals surface area contributed by atoms with Gasteiger partial charge in [0.25, 0.3) is 0 Å². The van der Waals surface area contributed by atoms with Gasteiger partial charge in [0, 0.05) is 32.8 Å². The van der Waals surface area contributed by atoms with Crippen molar-refractivity contribution in [3.8, 4) is 11.6 Å². The highest BCUT2D eigenvalue weighted by molar-refractivity contribution is 6.30. The van der Waals surface area contributed by atoms with Crippen LogP contribution in [-0.2, 0) is 16.1 Å². The van der Waals surface area contributed by atoms with Gasteiger partial charge in [0.2, 0.25) is 18.2 Å². The topological polar surface area (TPSA) is 113 Å². The lowest BCUT2D eigenvalue weighted by Gasteiger charge is -2.23. The summed E-state index contributed by atoms with van der Waals surface area (Å²) in [6.07, 6.45) is 1.21. The number of aromatic nitrogens is 1. The number of rotatable bonds is 8. The van der Waals surface area contributed by atoms with E-state index in [9.17, 15) is 14.4 Å². The molecule has 0 aliphatic heterocycles. The summed E-state index contributed by atoms with van der Waals surface area (Å²) in [5.41, 5.74) is 1.48. The quantitative estimate of drug-likeness (QED) is 0.163. The minimum absolute atomic E-state index is 0.0404. The first kappa shape index (κ1) is 31.2. The Kier molecular flexibility index (Phi) is 12.9. The number of nitrogens with zero attached hydrogens (tertiary/aromatic N) is 4. The predicted octanol–water partition coefficient (Wildman–Crippen LogP) is 5.56. The van der Waals surface area contributed by atoms with Crippen LogP contribution in [-0.4, -0.2) is 67.3 Å². The van der Waals surface area contributed by atoms with Gasteiger partial charge in [-0.05, 0) is 61.0 Å². The van der Waals surface area contributed by atoms with Crippen molar-refractivity contribution in [2.75, 3.05) is 27.8 Å². The van der Waals surface area contributed by atoms with Crippen LogP contribution in [0.1, 0.15) is 22.8 Å². The zero-order chi connectivity index (χ0) is 28.8. The molecule has 0 aliphatic carbocycles. The highest BCUT2D eigenvalue weighted by Gasteiger charge is 2.17. The molecule has 12 heteroatoms. The molecule has 3 aromatic rings. The lowest BCUT2D eigenvalue weighted by molar-refractivity contribution is -0.115. The number of guanidine groups is 1. The molecule has 2 aromatic carbocycles. The van der Waals surface area contributed by atoms with Gasteiger partial charge in [0.05, 0.1) is 17.8 Å². The van der Waals surface area contributed by atoms with E-state index in [0.717, 1.165) is 5.56 Å². The van der Waals surface area contributed by atoms with Crippen LogP contribution in [0.15, 0.2) is 65.7 Å². The first-order chi connectivity index (χ1) is 18.7. The van der Waals surface area contributed by atoms with E-state index < -0.39 is 6.03 Å². The van der Waals surface area contributed by atoms with E-state index in [1.54, 1.807) is 69.8 Å². The molecule has 1 heterocycles. The highest BCUT2D eigenvalue weighted by atomic mass is 35.5. The van der Waals surface area contributed by atoms with E-state index in [-0.39, 0.29) is 29.1 Å². The molecule has 0 atom stereocenters. The van der Waals surface area contributed by atoms with Gasteiger partial charge in [-0.25, -0.2) is 14.8 Å². The van der Waals surface area contributed by atoms with E-state index in [2.05, 4.69) is 20.0 Å². The third-order valence-electron chi connectivity index (χ3n) is 4.97. The summed E-state index contributed by atoms with van der Waals surface area (Å²) in [7, 11) is 4.88. The lowest BCUT2D eigenvalue weighted by Crippen LogP contribution is -2.47. The summed E-state index contributed by atoms with van der Waals surface area (Å²) in [6.45, 7) is 2.45. The zero-order valence-electron chi connectivity index (χ0n) is 21.9. The number of benzene rings is 2. The number of amides is 3.